The van der Waals surface area contributed by atoms with E-state index in [1.54, 1.807) is 12.1 Å². The third-order valence-corrected chi connectivity index (χ3v) is 8.55. The molecule has 0 bridgehead atoms. The standard InChI is InChI=1S/C26H23N3O3S2/c1-17-10-12-19(13-11-17)23-16-33-26(27-23)28-25(30)21-7-5-8-22(15-21)34(31,32)29-18(2)14-20-6-3-4-9-24(20)29/h3-13,15-16,18H,14H2,1-2H3,(H,27,28,30). The van der Waals surface area contributed by atoms with Crippen LogP contribution in [0.1, 0.15) is 28.4 Å². The fourth-order valence-corrected chi connectivity index (χ4v) is 6.63. The maximum atomic E-state index is 13.5. The van der Waals surface area contributed by atoms with Gasteiger partial charge < -0.3 is 0 Å². The lowest BCUT2D eigenvalue weighted by atomic mass is 10.1. The molecule has 1 aromatic heterocycles. The van der Waals surface area contributed by atoms with Crippen LogP contribution in [0.2, 0.25) is 0 Å². The van der Waals surface area contributed by atoms with Crippen molar-refractivity contribution in [2.45, 2.75) is 31.2 Å². The average Bonchev–Trinajstić information content (AvgIpc) is 3.43. The summed E-state index contributed by atoms with van der Waals surface area (Å²) in [5.74, 6) is -0.406. The van der Waals surface area contributed by atoms with Crippen LogP contribution in [0.5, 0.6) is 0 Å². The second kappa shape index (κ2) is 8.70. The summed E-state index contributed by atoms with van der Waals surface area (Å²) in [4.78, 5) is 17.5. The molecule has 172 valence electrons. The molecule has 34 heavy (non-hydrogen) atoms. The maximum Gasteiger partial charge on any atom is 0.264 e. The van der Waals surface area contributed by atoms with Crippen LogP contribution in [0, 0.1) is 6.92 Å². The van der Waals surface area contributed by atoms with Gasteiger partial charge in [0.05, 0.1) is 16.3 Å². The molecule has 0 radical (unpaired) electrons. The van der Waals surface area contributed by atoms with E-state index in [1.807, 2.05) is 67.8 Å². The van der Waals surface area contributed by atoms with E-state index < -0.39 is 15.9 Å². The minimum Gasteiger partial charge on any atom is -0.298 e. The summed E-state index contributed by atoms with van der Waals surface area (Å²) in [5, 5.41) is 5.13. The highest BCUT2D eigenvalue weighted by Gasteiger charge is 2.36. The van der Waals surface area contributed by atoms with Gasteiger partial charge in [0, 0.05) is 22.5 Å². The second-order valence-corrected chi connectivity index (χ2v) is 11.0. The van der Waals surface area contributed by atoms with E-state index in [4.69, 9.17) is 0 Å². The first kappa shape index (κ1) is 22.3. The largest absolute Gasteiger partial charge is 0.298 e. The minimum absolute atomic E-state index is 0.0863. The molecule has 4 aromatic rings. The highest BCUT2D eigenvalue weighted by molar-refractivity contribution is 7.92. The Morgan fingerprint density at radius 3 is 2.62 bits per heavy atom. The highest BCUT2D eigenvalue weighted by Crippen LogP contribution is 2.36. The van der Waals surface area contributed by atoms with E-state index in [-0.39, 0.29) is 16.5 Å². The Morgan fingerprint density at radius 2 is 1.82 bits per heavy atom. The first-order chi connectivity index (χ1) is 16.3. The van der Waals surface area contributed by atoms with Gasteiger partial charge in [-0.05, 0) is 50.1 Å². The maximum absolute atomic E-state index is 13.5. The van der Waals surface area contributed by atoms with Crippen molar-refractivity contribution in [1.29, 1.82) is 0 Å². The van der Waals surface area contributed by atoms with Crippen molar-refractivity contribution >= 4 is 38.1 Å². The van der Waals surface area contributed by atoms with Gasteiger partial charge in [-0.3, -0.25) is 14.4 Å². The van der Waals surface area contributed by atoms with Crippen molar-refractivity contribution in [2.24, 2.45) is 0 Å². The highest BCUT2D eigenvalue weighted by atomic mass is 32.2. The van der Waals surface area contributed by atoms with Gasteiger partial charge in [0.1, 0.15) is 0 Å². The SMILES string of the molecule is Cc1ccc(-c2csc(NC(=O)c3cccc(S(=O)(=O)N4c5ccccc5CC4C)c3)n2)cc1. The molecule has 1 unspecified atom stereocenters. The van der Waals surface area contributed by atoms with E-state index in [0.29, 0.717) is 17.2 Å². The summed E-state index contributed by atoms with van der Waals surface area (Å²) in [5.41, 5.74) is 4.85. The zero-order chi connectivity index (χ0) is 23.9. The lowest BCUT2D eigenvalue weighted by Gasteiger charge is -2.24. The number of hydrogen-bond donors (Lipinski definition) is 1. The van der Waals surface area contributed by atoms with Gasteiger partial charge in [0.15, 0.2) is 5.13 Å². The molecule has 2 heterocycles. The number of nitrogens with zero attached hydrogens (tertiary/aromatic N) is 2. The van der Waals surface area contributed by atoms with Gasteiger partial charge in [0.25, 0.3) is 15.9 Å². The van der Waals surface area contributed by atoms with Crippen molar-refractivity contribution in [1.82, 2.24) is 4.98 Å². The predicted octanol–water partition coefficient (Wildman–Crippen LogP) is 5.51. The van der Waals surface area contributed by atoms with Crippen molar-refractivity contribution in [3.8, 4) is 11.3 Å². The van der Waals surface area contributed by atoms with Crippen LogP contribution >= 0.6 is 11.3 Å². The number of carbonyl (C=O) groups excluding carboxylic acids is 1. The summed E-state index contributed by atoms with van der Waals surface area (Å²) in [6.07, 6.45) is 0.656. The van der Waals surface area contributed by atoms with Gasteiger partial charge >= 0.3 is 0 Å². The van der Waals surface area contributed by atoms with Crippen LogP contribution in [0.4, 0.5) is 10.8 Å². The van der Waals surface area contributed by atoms with Crippen LogP contribution in [0.15, 0.2) is 83.1 Å². The van der Waals surface area contributed by atoms with Crippen LogP contribution < -0.4 is 9.62 Å². The van der Waals surface area contributed by atoms with Crippen LogP contribution in [-0.4, -0.2) is 25.4 Å². The average molecular weight is 490 g/mol. The lowest BCUT2D eigenvalue weighted by Crippen LogP contribution is -2.35. The number of para-hydroxylation sites is 1. The molecule has 0 saturated carbocycles. The molecule has 6 nitrogen and oxygen atoms in total. The van der Waals surface area contributed by atoms with Crippen LogP contribution in [0.3, 0.4) is 0 Å². The molecule has 1 atom stereocenters. The minimum atomic E-state index is -3.83. The van der Waals surface area contributed by atoms with E-state index in [2.05, 4.69) is 10.3 Å². The quantitative estimate of drug-likeness (QED) is 0.401. The van der Waals surface area contributed by atoms with Crippen LogP contribution in [-0.2, 0) is 16.4 Å². The van der Waals surface area contributed by atoms with Crippen molar-refractivity contribution < 1.29 is 13.2 Å². The van der Waals surface area contributed by atoms with E-state index in [9.17, 15) is 13.2 Å². The molecule has 8 heteroatoms. The van der Waals surface area contributed by atoms with E-state index in [1.165, 1.54) is 27.8 Å². The Kier molecular flexibility index (Phi) is 5.71. The molecular formula is C26H23N3O3S2. The number of benzene rings is 3. The number of thiazole rings is 1. The summed E-state index contributed by atoms with van der Waals surface area (Å²) in [6.45, 7) is 3.91. The number of nitrogens with one attached hydrogen (secondary N) is 1. The molecule has 1 amide bonds. The molecule has 0 saturated heterocycles. The molecule has 0 fully saturated rings. The number of fused-ring (bicyclic) bond motifs is 1. The van der Waals surface area contributed by atoms with Gasteiger partial charge in [-0.1, -0.05) is 54.1 Å². The Bertz CT molecular complexity index is 1480. The second-order valence-electron chi connectivity index (χ2n) is 8.37. The molecule has 1 aliphatic rings. The zero-order valence-corrected chi connectivity index (χ0v) is 20.4. The number of hydrogen-bond acceptors (Lipinski definition) is 5. The van der Waals surface area contributed by atoms with Crippen molar-refractivity contribution in [3.05, 3.63) is 94.9 Å². The molecule has 3 aromatic carbocycles. The fourth-order valence-electron chi connectivity index (χ4n) is 4.17. The van der Waals surface area contributed by atoms with Gasteiger partial charge in [-0.15, -0.1) is 11.3 Å². The molecule has 1 N–H and O–H groups in total. The lowest BCUT2D eigenvalue weighted by molar-refractivity contribution is 0.102. The topological polar surface area (TPSA) is 79.4 Å². The fraction of sp³-hybridized carbons (Fsp3) is 0.154. The predicted molar refractivity (Wildman–Crippen MR) is 136 cm³/mol. The van der Waals surface area contributed by atoms with Crippen LogP contribution in [0.25, 0.3) is 11.3 Å². The van der Waals surface area contributed by atoms with Gasteiger partial charge in [0.2, 0.25) is 0 Å². The zero-order valence-electron chi connectivity index (χ0n) is 18.7. The number of amides is 1. The first-order valence-electron chi connectivity index (χ1n) is 10.9. The number of rotatable bonds is 5. The van der Waals surface area contributed by atoms with Crippen molar-refractivity contribution in [3.63, 3.8) is 0 Å². The Hall–Kier alpha value is -3.49. The Labute approximate surface area is 203 Å². The number of aryl methyl sites for hydroxylation is 1. The number of sulfonamides is 1. The van der Waals surface area contributed by atoms with Crippen molar-refractivity contribution in [2.75, 3.05) is 9.62 Å². The summed E-state index contributed by atoms with van der Waals surface area (Å²) < 4.78 is 28.5. The van der Waals surface area contributed by atoms with E-state index >= 15 is 0 Å². The monoisotopic (exact) mass is 489 g/mol. The molecule has 0 aliphatic carbocycles. The Morgan fingerprint density at radius 1 is 1.06 bits per heavy atom. The molecular weight excluding hydrogens is 466 g/mol. The summed E-state index contributed by atoms with van der Waals surface area (Å²) in [6, 6.07) is 21.5. The number of carbonyl (C=O) groups is 1. The van der Waals surface area contributed by atoms with Gasteiger partial charge in [-0.2, -0.15) is 0 Å². The number of aromatic nitrogens is 1. The molecule has 0 spiro atoms. The molecule has 5 rings (SSSR count). The smallest absolute Gasteiger partial charge is 0.264 e. The van der Waals surface area contributed by atoms with E-state index in [0.717, 1.165) is 22.4 Å². The first-order valence-corrected chi connectivity index (χ1v) is 13.2. The molecule has 1 aliphatic heterocycles. The third kappa shape index (κ3) is 4.10. The Balaban J connectivity index is 1.38. The van der Waals surface area contributed by atoms with Gasteiger partial charge in [-0.25, -0.2) is 13.4 Å². The normalized spacial score (nSPS) is 15.2. The third-order valence-electron chi connectivity index (χ3n) is 5.87. The number of anilines is 2. The summed E-state index contributed by atoms with van der Waals surface area (Å²) >= 11 is 1.32. The summed E-state index contributed by atoms with van der Waals surface area (Å²) in [7, 11) is -3.83.